The molecule has 0 aliphatic rings. The van der Waals surface area contributed by atoms with Gasteiger partial charge in [0.05, 0.1) is 6.04 Å². The highest BCUT2D eigenvalue weighted by Crippen LogP contribution is 2.27. The number of amides is 1. The molecule has 0 aliphatic carbocycles. The molecule has 1 rings (SSSR count). The van der Waals surface area contributed by atoms with E-state index in [2.05, 4.69) is 5.32 Å². The van der Waals surface area contributed by atoms with E-state index in [-0.39, 0.29) is 6.04 Å². The van der Waals surface area contributed by atoms with Gasteiger partial charge in [0.25, 0.3) is 0 Å². The molecule has 2 atom stereocenters. The molecule has 0 fully saturated rings. The lowest BCUT2D eigenvalue weighted by Gasteiger charge is -2.27. The Hall–Kier alpha value is -1.84. The van der Waals surface area contributed by atoms with Gasteiger partial charge in [-0.15, -0.1) is 0 Å². The molecule has 2 N–H and O–H groups in total. The third-order valence-electron chi connectivity index (χ3n) is 3.39. The zero-order chi connectivity index (χ0) is 15.5. The van der Waals surface area contributed by atoms with Crippen LogP contribution in [0.3, 0.4) is 0 Å². The van der Waals surface area contributed by atoms with Crippen molar-refractivity contribution in [3.63, 3.8) is 0 Å². The first-order valence-electron chi connectivity index (χ1n) is 6.73. The fourth-order valence-electron chi connectivity index (χ4n) is 2.32. The van der Waals surface area contributed by atoms with Crippen molar-refractivity contribution in [2.45, 2.75) is 40.7 Å². The molecule has 0 saturated carbocycles. The average molecular weight is 277 g/mol. The van der Waals surface area contributed by atoms with Crippen LogP contribution in [0.1, 0.15) is 44.9 Å². The Balaban J connectivity index is 2.90. The van der Waals surface area contributed by atoms with Gasteiger partial charge in [0.15, 0.2) is 0 Å². The number of carbonyl (C=O) groups is 2. The first-order chi connectivity index (χ1) is 9.14. The van der Waals surface area contributed by atoms with Crippen LogP contribution < -0.4 is 5.32 Å². The van der Waals surface area contributed by atoms with E-state index in [9.17, 15) is 14.7 Å². The van der Waals surface area contributed by atoms with E-state index in [1.54, 1.807) is 20.8 Å². The van der Waals surface area contributed by atoms with Gasteiger partial charge >= 0.3 is 5.97 Å². The lowest BCUT2D eigenvalue weighted by Crippen LogP contribution is -2.43. The zero-order valence-corrected chi connectivity index (χ0v) is 12.7. The first-order valence-corrected chi connectivity index (χ1v) is 6.73. The summed E-state index contributed by atoms with van der Waals surface area (Å²) in [6, 6.07) is 7.53. The Morgan fingerprint density at radius 2 is 1.75 bits per heavy atom. The van der Waals surface area contributed by atoms with Crippen LogP contribution in [0.5, 0.6) is 0 Å². The maximum Gasteiger partial charge on any atom is 0.316 e. The van der Waals surface area contributed by atoms with Crippen molar-refractivity contribution in [3.8, 4) is 0 Å². The quantitative estimate of drug-likeness (QED) is 0.832. The standard InChI is InChI=1S/C16H23NO3/c1-10-8-6-7-9-12(10)11(2)17-14(18)13(15(19)20)16(3,4)5/h6-9,11,13H,1-5H3,(H,17,18)(H,19,20). The summed E-state index contributed by atoms with van der Waals surface area (Å²) in [7, 11) is 0. The summed E-state index contributed by atoms with van der Waals surface area (Å²) < 4.78 is 0. The summed E-state index contributed by atoms with van der Waals surface area (Å²) in [4.78, 5) is 23.5. The van der Waals surface area contributed by atoms with E-state index in [1.165, 1.54) is 0 Å². The van der Waals surface area contributed by atoms with Crippen LogP contribution in [-0.2, 0) is 9.59 Å². The van der Waals surface area contributed by atoms with Gasteiger partial charge in [-0.05, 0) is 30.4 Å². The molecule has 1 amide bonds. The van der Waals surface area contributed by atoms with Crippen molar-refractivity contribution in [3.05, 3.63) is 35.4 Å². The number of nitrogens with one attached hydrogen (secondary N) is 1. The van der Waals surface area contributed by atoms with Crippen molar-refractivity contribution in [2.24, 2.45) is 11.3 Å². The molecule has 4 nitrogen and oxygen atoms in total. The third-order valence-corrected chi connectivity index (χ3v) is 3.39. The van der Waals surface area contributed by atoms with E-state index in [0.717, 1.165) is 11.1 Å². The molecule has 1 aromatic rings. The average Bonchev–Trinajstić information content (AvgIpc) is 2.26. The number of carboxylic acids is 1. The van der Waals surface area contributed by atoms with Gasteiger partial charge in [0, 0.05) is 0 Å². The van der Waals surface area contributed by atoms with Crippen molar-refractivity contribution in [1.29, 1.82) is 0 Å². The molecular formula is C16H23NO3. The predicted octanol–water partition coefficient (Wildman–Crippen LogP) is 2.92. The van der Waals surface area contributed by atoms with Crippen LogP contribution in [0.25, 0.3) is 0 Å². The molecule has 4 heteroatoms. The van der Waals surface area contributed by atoms with Gasteiger partial charge in [-0.1, -0.05) is 45.0 Å². The van der Waals surface area contributed by atoms with Crippen LogP contribution >= 0.6 is 0 Å². The van der Waals surface area contributed by atoms with Crippen molar-refractivity contribution >= 4 is 11.9 Å². The zero-order valence-electron chi connectivity index (χ0n) is 12.7. The summed E-state index contributed by atoms with van der Waals surface area (Å²) in [5, 5.41) is 12.1. The molecule has 0 heterocycles. The molecule has 1 aromatic carbocycles. The maximum absolute atomic E-state index is 12.2. The summed E-state index contributed by atoms with van der Waals surface area (Å²) >= 11 is 0. The molecule has 0 bridgehead atoms. The monoisotopic (exact) mass is 277 g/mol. The second kappa shape index (κ2) is 6.07. The Morgan fingerprint density at radius 1 is 1.20 bits per heavy atom. The minimum Gasteiger partial charge on any atom is -0.481 e. The highest BCUT2D eigenvalue weighted by atomic mass is 16.4. The van der Waals surface area contributed by atoms with Crippen molar-refractivity contribution < 1.29 is 14.7 Å². The Kier molecular flexibility index (Phi) is 4.93. The van der Waals surface area contributed by atoms with Gasteiger partial charge in [-0.2, -0.15) is 0 Å². The number of aryl methyl sites for hydroxylation is 1. The summed E-state index contributed by atoms with van der Waals surface area (Å²) in [5.74, 6) is -2.60. The summed E-state index contributed by atoms with van der Waals surface area (Å²) in [6.45, 7) is 9.09. The van der Waals surface area contributed by atoms with E-state index in [1.807, 2.05) is 38.1 Å². The van der Waals surface area contributed by atoms with Crippen molar-refractivity contribution in [1.82, 2.24) is 5.32 Å². The molecule has 0 aliphatic heterocycles. The van der Waals surface area contributed by atoms with Crippen molar-refractivity contribution in [2.75, 3.05) is 0 Å². The van der Waals surface area contributed by atoms with E-state index >= 15 is 0 Å². The lowest BCUT2D eigenvalue weighted by atomic mass is 9.80. The molecule has 110 valence electrons. The molecule has 0 saturated heterocycles. The smallest absolute Gasteiger partial charge is 0.316 e. The van der Waals surface area contributed by atoms with E-state index in [0.29, 0.717) is 0 Å². The lowest BCUT2D eigenvalue weighted by molar-refractivity contribution is -0.151. The fraction of sp³-hybridized carbons (Fsp3) is 0.500. The van der Waals surface area contributed by atoms with Crippen LogP contribution in [0.4, 0.5) is 0 Å². The van der Waals surface area contributed by atoms with Gasteiger partial charge < -0.3 is 10.4 Å². The number of carbonyl (C=O) groups excluding carboxylic acids is 1. The SMILES string of the molecule is Cc1ccccc1C(C)NC(=O)C(C(=O)O)C(C)(C)C. The minimum atomic E-state index is -1.09. The first kappa shape index (κ1) is 16.2. The number of hydrogen-bond donors (Lipinski definition) is 2. The predicted molar refractivity (Wildman–Crippen MR) is 78.3 cm³/mol. The molecular weight excluding hydrogens is 254 g/mol. The molecule has 0 radical (unpaired) electrons. The fourth-order valence-corrected chi connectivity index (χ4v) is 2.32. The minimum absolute atomic E-state index is 0.215. The van der Waals surface area contributed by atoms with E-state index in [4.69, 9.17) is 0 Å². The maximum atomic E-state index is 12.2. The number of carboxylic acid groups (broad SMARTS) is 1. The largest absolute Gasteiger partial charge is 0.481 e. The van der Waals surface area contributed by atoms with Crippen LogP contribution in [-0.4, -0.2) is 17.0 Å². The molecule has 0 spiro atoms. The molecule has 2 unspecified atom stereocenters. The second-order valence-corrected chi connectivity index (χ2v) is 6.22. The molecule has 0 aromatic heterocycles. The van der Waals surface area contributed by atoms with Gasteiger partial charge in [-0.3, -0.25) is 9.59 Å². The number of benzene rings is 1. The van der Waals surface area contributed by atoms with Gasteiger partial charge in [0.1, 0.15) is 5.92 Å². The Bertz CT molecular complexity index is 503. The topological polar surface area (TPSA) is 66.4 Å². The number of aliphatic carboxylic acids is 1. The van der Waals surface area contributed by atoms with Crippen LogP contribution in [0.15, 0.2) is 24.3 Å². The van der Waals surface area contributed by atoms with Gasteiger partial charge in [-0.25, -0.2) is 0 Å². The van der Waals surface area contributed by atoms with Gasteiger partial charge in [0.2, 0.25) is 5.91 Å². The Morgan fingerprint density at radius 3 is 2.20 bits per heavy atom. The Labute approximate surface area is 120 Å². The highest BCUT2D eigenvalue weighted by Gasteiger charge is 2.38. The second-order valence-electron chi connectivity index (χ2n) is 6.22. The molecule has 20 heavy (non-hydrogen) atoms. The normalized spacial score (nSPS) is 14.4. The summed E-state index contributed by atoms with van der Waals surface area (Å²) in [6.07, 6.45) is 0. The number of rotatable bonds is 4. The third kappa shape index (κ3) is 3.83. The summed E-state index contributed by atoms with van der Waals surface area (Å²) in [5.41, 5.74) is 1.45. The highest BCUT2D eigenvalue weighted by molar-refractivity contribution is 5.97. The van der Waals surface area contributed by atoms with Crippen LogP contribution in [0, 0.1) is 18.3 Å². The number of hydrogen-bond acceptors (Lipinski definition) is 2. The van der Waals surface area contributed by atoms with E-state index < -0.39 is 23.2 Å². The van der Waals surface area contributed by atoms with Crippen LogP contribution in [0.2, 0.25) is 0 Å².